The number of aromatic nitrogens is 1. The fourth-order valence-corrected chi connectivity index (χ4v) is 1.64. The Kier molecular flexibility index (Phi) is 1.96. The summed E-state index contributed by atoms with van der Waals surface area (Å²) in [4.78, 5) is 4.27. The van der Waals surface area contributed by atoms with E-state index >= 15 is 0 Å². The zero-order valence-electron chi connectivity index (χ0n) is 6.96. The number of hydrogen-bond acceptors (Lipinski definition) is 3. The van der Waals surface area contributed by atoms with Crippen molar-refractivity contribution >= 4 is 5.69 Å². The molecule has 3 heteroatoms. The van der Waals surface area contributed by atoms with Gasteiger partial charge < -0.3 is 11.1 Å². The average molecular weight is 163 g/mol. The van der Waals surface area contributed by atoms with Crippen molar-refractivity contribution in [2.45, 2.75) is 18.9 Å². The van der Waals surface area contributed by atoms with Crippen LogP contribution in [0.25, 0.3) is 0 Å². The molecule has 64 valence electrons. The molecule has 2 heterocycles. The number of nitrogens with one attached hydrogen (secondary N) is 1. The predicted octanol–water partition coefficient (Wildman–Crippen LogP) is 1.09. The van der Waals surface area contributed by atoms with Gasteiger partial charge in [0.2, 0.25) is 0 Å². The number of nitrogens with two attached hydrogens (primary N) is 1. The van der Waals surface area contributed by atoms with Crippen LogP contribution in [0.1, 0.15) is 24.6 Å². The molecule has 1 aliphatic heterocycles. The molecular weight excluding hydrogens is 150 g/mol. The van der Waals surface area contributed by atoms with Crippen molar-refractivity contribution in [3.05, 3.63) is 24.0 Å². The average Bonchev–Trinajstić information content (AvgIpc) is 2.57. The number of nitrogens with zero attached hydrogens (tertiary/aromatic N) is 1. The molecule has 1 unspecified atom stereocenters. The molecule has 0 spiro atoms. The minimum Gasteiger partial charge on any atom is -0.397 e. The second-order valence-electron chi connectivity index (χ2n) is 3.13. The van der Waals surface area contributed by atoms with Crippen LogP contribution in [-0.2, 0) is 0 Å². The van der Waals surface area contributed by atoms with Crippen molar-refractivity contribution in [3.8, 4) is 0 Å². The summed E-state index contributed by atoms with van der Waals surface area (Å²) in [5.41, 5.74) is 7.61. The third-order valence-electron chi connectivity index (χ3n) is 2.26. The Hall–Kier alpha value is -1.09. The summed E-state index contributed by atoms with van der Waals surface area (Å²) < 4.78 is 0. The molecular formula is C9H13N3. The summed E-state index contributed by atoms with van der Waals surface area (Å²) in [6.45, 7) is 1.08. The van der Waals surface area contributed by atoms with E-state index in [4.69, 9.17) is 5.73 Å². The highest BCUT2D eigenvalue weighted by Crippen LogP contribution is 2.24. The quantitative estimate of drug-likeness (QED) is 0.651. The SMILES string of the molecule is Nc1cccnc1C1CCCN1. The topological polar surface area (TPSA) is 50.9 Å². The van der Waals surface area contributed by atoms with E-state index in [2.05, 4.69) is 10.3 Å². The van der Waals surface area contributed by atoms with Crippen LogP contribution in [0.5, 0.6) is 0 Å². The van der Waals surface area contributed by atoms with E-state index in [9.17, 15) is 0 Å². The first-order chi connectivity index (χ1) is 5.88. The summed E-state index contributed by atoms with van der Waals surface area (Å²) in [5, 5.41) is 3.37. The molecule has 3 nitrogen and oxygen atoms in total. The summed E-state index contributed by atoms with van der Waals surface area (Å²) >= 11 is 0. The van der Waals surface area contributed by atoms with Gasteiger partial charge in [-0.15, -0.1) is 0 Å². The van der Waals surface area contributed by atoms with Crippen molar-refractivity contribution in [3.63, 3.8) is 0 Å². The fraction of sp³-hybridized carbons (Fsp3) is 0.444. The minimum absolute atomic E-state index is 0.381. The molecule has 2 rings (SSSR count). The first-order valence-corrected chi connectivity index (χ1v) is 4.31. The predicted molar refractivity (Wildman–Crippen MR) is 48.6 cm³/mol. The highest BCUT2D eigenvalue weighted by Gasteiger charge is 2.18. The Labute approximate surface area is 72.0 Å². The molecule has 0 radical (unpaired) electrons. The lowest BCUT2D eigenvalue weighted by molar-refractivity contribution is 0.630. The highest BCUT2D eigenvalue weighted by molar-refractivity contribution is 5.43. The van der Waals surface area contributed by atoms with E-state index in [0.29, 0.717) is 6.04 Å². The smallest absolute Gasteiger partial charge is 0.0801 e. The van der Waals surface area contributed by atoms with Crippen LogP contribution in [0.4, 0.5) is 5.69 Å². The lowest BCUT2D eigenvalue weighted by atomic mass is 10.1. The molecule has 0 aromatic carbocycles. The number of nitrogen functional groups attached to an aromatic ring is 1. The van der Waals surface area contributed by atoms with Crippen LogP contribution in [-0.4, -0.2) is 11.5 Å². The molecule has 3 N–H and O–H groups in total. The Morgan fingerprint density at radius 3 is 3.17 bits per heavy atom. The highest BCUT2D eigenvalue weighted by atomic mass is 15.0. The van der Waals surface area contributed by atoms with Crippen molar-refractivity contribution in [2.75, 3.05) is 12.3 Å². The van der Waals surface area contributed by atoms with Gasteiger partial charge in [0, 0.05) is 6.20 Å². The molecule has 1 saturated heterocycles. The van der Waals surface area contributed by atoms with Gasteiger partial charge in [-0.2, -0.15) is 0 Å². The maximum atomic E-state index is 5.80. The Morgan fingerprint density at radius 1 is 1.58 bits per heavy atom. The van der Waals surface area contributed by atoms with Crippen LogP contribution in [0.2, 0.25) is 0 Å². The van der Waals surface area contributed by atoms with E-state index in [1.54, 1.807) is 6.20 Å². The summed E-state index contributed by atoms with van der Waals surface area (Å²) in [5.74, 6) is 0. The monoisotopic (exact) mass is 163 g/mol. The molecule has 1 fully saturated rings. The number of rotatable bonds is 1. The normalized spacial score (nSPS) is 22.8. The Bertz CT molecular complexity index is 266. The second kappa shape index (κ2) is 3.11. The van der Waals surface area contributed by atoms with E-state index < -0.39 is 0 Å². The number of hydrogen-bond donors (Lipinski definition) is 2. The third-order valence-corrected chi connectivity index (χ3v) is 2.26. The third kappa shape index (κ3) is 1.28. The lowest BCUT2D eigenvalue weighted by Gasteiger charge is -2.10. The molecule has 0 saturated carbocycles. The summed E-state index contributed by atoms with van der Waals surface area (Å²) in [7, 11) is 0. The van der Waals surface area contributed by atoms with Crippen LogP contribution in [0, 0.1) is 0 Å². The van der Waals surface area contributed by atoms with Crippen LogP contribution >= 0.6 is 0 Å². The van der Waals surface area contributed by atoms with Gasteiger partial charge in [-0.05, 0) is 31.5 Å². The van der Waals surface area contributed by atoms with Crippen LogP contribution in [0.3, 0.4) is 0 Å². The summed E-state index contributed by atoms with van der Waals surface area (Å²) in [6, 6.07) is 4.15. The molecule has 0 aliphatic carbocycles. The van der Waals surface area contributed by atoms with Gasteiger partial charge in [0.05, 0.1) is 17.4 Å². The van der Waals surface area contributed by atoms with Crippen molar-refractivity contribution in [1.82, 2.24) is 10.3 Å². The van der Waals surface area contributed by atoms with E-state index in [0.717, 1.165) is 24.3 Å². The van der Waals surface area contributed by atoms with Gasteiger partial charge in [-0.1, -0.05) is 0 Å². The number of anilines is 1. The molecule has 12 heavy (non-hydrogen) atoms. The van der Waals surface area contributed by atoms with E-state index in [1.165, 1.54) is 6.42 Å². The molecule has 1 atom stereocenters. The maximum Gasteiger partial charge on any atom is 0.0801 e. The maximum absolute atomic E-state index is 5.80. The van der Waals surface area contributed by atoms with Crippen molar-refractivity contribution in [2.24, 2.45) is 0 Å². The van der Waals surface area contributed by atoms with Gasteiger partial charge >= 0.3 is 0 Å². The zero-order valence-corrected chi connectivity index (χ0v) is 6.96. The van der Waals surface area contributed by atoms with Crippen LogP contribution in [0.15, 0.2) is 18.3 Å². The lowest BCUT2D eigenvalue weighted by Crippen LogP contribution is -2.15. The Balaban J connectivity index is 2.26. The van der Waals surface area contributed by atoms with Crippen molar-refractivity contribution < 1.29 is 0 Å². The molecule has 0 amide bonds. The van der Waals surface area contributed by atoms with Gasteiger partial charge in [0.1, 0.15) is 0 Å². The van der Waals surface area contributed by atoms with Crippen LogP contribution < -0.4 is 11.1 Å². The first-order valence-electron chi connectivity index (χ1n) is 4.31. The largest absolute Gasteiger partial charge is 0.397 e. The second-order valence-corrected chi connectivity index (χ2v) is 3.13. The van der Waals surface area contributed by atoms with Crippen molar-refractivity contribution in [1.29, 1.82) is 0 Å². The standard InChI is InChI=1S/C9H13N3/c10-7-3-1-6-12-9(7)8-4-2-5-11-8/h1,3,6,8,11H,2,4-5,10H2. The van der Waals surface area contributed by atoms with E-state index in [1.807, 2.05) is 12.1 Å². The minimum atomic E-state index is 0.381. The van der Waals surface area contributed by atoms with Gasteiger partial charge in [0.15, 0.2) is 0 Å². The van der Waals surface area contributed by atoms with Gasteiger partial charge in [-0.25, -0.2) is 0 Å². The molecule has 1 aromatic heterocycles. The summed E-state index contributed by atoms with van der Waals surface area (Å²) in [6.07, 6.45) is 4.17. The first kappa shape index (κ1) is 7.55. The van der Waals surface area contributed by atoms with E-state index in [-0.39, 0.29) is 0 Å². The molecule has 1 aliphatic rings. The van der Waals surface area contributed by atoms with Gasteiger partial charge in [-0.3, -0.25) is 4.98 Å². The number of pyridine rings is 1. The molecule has 1 aromatic rings. The molecule has 0 bridgehead atoms. The van der Waals surface area contributed by atoms with Gasteiger partial charge in [0.25, 0.3) is 0 Å². The Morgan fingerprint density at radius 2 is 2.50 bits per heavy atom. The fourth-order valence-electron chi connectivity index (χ4n) is 1.64. The zero-order chi connectivity index (χ0) is 8.39.